The SMILES string of the molecule is CC(C)(C)c1ccc(OC(=O)O)c(O)c1. The van der Waals surface area contributed by atoms with Crippen LogP contribution >= 0.6 is 0 Å². The second-order valence-corrected chi connectivity index (χ2v) is 4.30. The molecule has 0 spiro atoms. The third kappa shape index (κ3) is 2.87. The number of benzene rings is 1. The van der Waals surface area contributed by atoms with Crippen molar-refractivity contribution < 1.29 is 19.7 Å². The van der Waals surface area contributed by atoms with Gasteiger partial charge in [0, 0.05) is 0 Å². The molecule has 0 aliphatic heterocycles. The minimum absolute atomic E-state index is 0.0458. The van der Waals surface area contributed by atoms with Gasteiger partial charge in [-0.15, -0.1) is 0 Å². The van der Waals surface area contributed by atoms with Crippen LogP contribution in [0.5, 0.6) is 11.5 Å². The number of carbonyl (C=O) groups is 1. The van der Waals surface area contributed by atoms with E-state index in [4.69, 9.17) is 5.11 Å². The molecule has 0 atom stereocenters. The Labute approximate surface area is 88.1 Å². The third-order valence-corrected chi connectivity index (χ3v) is 2.02. The normalized spacial score (nSPS) is 11.1. The maximum atomic E-state index is 10.3. The number of hydrogen-bond donors (Lipinski definition) is 2. The molecule has 0 unspecified atom stereocenters. The van der Waals surface area contributed by atoms with Gasteiger partial charge >= 0.3 is 6.16 Å². The fourth-order valence-electron chi connectivity index (χ4n) is 1.16. The largest absolute Gasteiger partial charge is 0.511 e. The van der Waals surface area contributed by atoms with E-state index in [1.807, 2.05) is 20.8 Å². The zero-order valence-corrected chi connectivity index (χ0v) is 8.94. The highest BCUT2D eigenvalue weighted by Crippen LogP contribution is 2.32. The van der Waals surface area contributed by atoms with Crippen LogP contribution in [-0.4, -0.2) is 16.4 Å². The molecule has 4 nitrogen and oxygen atoms in total. The fraction of sp³-hybridized carbons (Fsp3) is 0.364. The van der Waals surface area contributed by atoms with Crippen molar-refractivity contribution in [3.05, 3.63) is 23.8 Å². The second-order valence-electron chi connectivity index (χ2n) is 4.30. The summed E-state index contributed by atoms with van der Waals surface area (Å²) < 4.78 is 4.38. The van der Waals surface area contributed by atoms with Crippen LogP contribution in [0.2, 0.25) is 0 Å². The molecule has 0 bridgehead atoms. The van der Waals surface area contributed by atoms with Crippen molar-refractivity contribution in [1.82, 2.24) is 0 Å². The summed E-state index contributed by atoms with van der Waals surface area (Å²) in [6, 6.07) is 4.69. The molecule has 1 aromatic carbocycles. The maximum absolute atomic E-state index is 10.3. The Kier molecular flexibility index (Phi) is 2.88. The summed E-state index contributed by atoms with van der Waals surface area (Å²) in [6.45, 7) is 6.00. The lowest BCUT2D eigenvalue weighted by Gasteiger charge is -2.19. The summed E-state index contributed by atoms with van der Waals surface area (Å²) in [4.78, 5) is 10.3. The number of hydrogen-bond acceptors (Lipinski definition) is 3. The standard InChI is InChI=1S/C11H14O4/c1-11(2,3)7-4-5-9(8(12)6-7)15-10(13)14/h4-6,12H,1-3H3,(H,13,14). The van der Waals surface area contributed by atoms with Crippen LogP contribution in [0.4, 0.5) is 4.79 Å². The molecule has 15 heavy (non-hydrogen) atoms. The number of aromatic hydroxyl groups is 1. The molecule has 0 aromatic heterocycles. The topological polar surface area (TPSA) is 66.8 Å². The van der Waals surface area contributed by atoms with Crippen molar-refractivity contribution >= 4 is 6.16 Å². The van der Waals surface area contributed by atoms with Gasteiger partial charge in [-0.3, -0.25) is 0 Å². The first-order chi connectivity index (χ1) is 6.80. The molecule has 4 heteroatoms. The molecule has 0 saturated heterocycles. The van der Waals surface area contributed by atoms with Gasteiger partial charge in [-0.05, 0) is 23.1 Å². The van der Waals surface area contributed by atoms with Crippen molar-refractivity contribution in [2.45, 2.75) is 26.2 Å². The average molecular weight is 210 g/mol. The Morgan fingerprint density at radius 2 is 1.93 bits per heavy atom. The van der Waals surface area contributed by atoms with Gasteiger partial charge in [-0.2, -0.15) is 0 Å². The highest BCUT2D eigenvalue weighted by atomic mass is 16.7. The van der Waals surface area contributed by atoms with E-state index in [9.17, 15) is 9.90 Å². The Morgan fingerprint density at radius 3 is 2.33 bits per heavy atom. The fourth-order valence-corrected chi connectivity index (χ4v) is 1.16. The van der Waals surface area contributed by atoms with E-state index in [1.54, 1.807) is 6.07 Å². The minimum atomic E-state index is -1.44. The maximum Gasteiger partial charge on any atom is 0.511 e. The molecule has 0 saturated carbocycles. The molecule has 1 rings (SSSR count). The van der Waals surface area contributed by atoms with Crippen molar-refractivity contribution in [1.29, 1.82) is 0 Å². The van der Waals surface area contributed by atoms with E-state index in [1.165, 1.54) is 12.1 Å². The number of rotatable bonds is 1. The van der Waals surface area contributed by atoms with E-state index in [0.29, 0.717) is 0 Å². The molecule has 0 radical (unpaired) electrons. The van der Waals surface area contributed by atoms with Crippen LogP contribution in [0.25, 0.3) is 0 Å². The van der Waals surface area contributed by atoms with E-state index < -0.39 is 6.16 Å². The zero-order valence-electron chi connectivity index (χ0n) is 8.94. The van der Waals surface area contributed by atoms with Crippen LogP contribution in [-0.2, 0) is 5.41 Å². The van der Waals surface area contributed by atoms with E-state index in [2.05, 4.69) is 4.74 Å². The molecule has 0 amide bonds. The lowest BCUT2D eigenvalue weighted by molar-refractivity contribution is 0.143. The lowest BCUT2D eigenvalue weighted by Crippen LogP contribution is -2.11. The summed E-state index contributed by atoms with van der Waals surface area (Å²) in [5.74, 6) is -0.208. The molecule has 0 aliphatic rings. The third-order valence-electron chi connectivity index (χ3n) is 2.02. The van der Waals surface area contributed by atoms with Crippen molar-refractivity contribution in [3.8, 4) is 11.5 Å². The Balaban J connectivity index is 3.03. The number of phenols is 1. The van der Waals surface area contributed by atoms with Crippen molar-refractivity contribution in [2.24, 2.45) is 0 Å². The summed E-state index contributed by atoms with van der Waals surface area (Å²) in [7, 11) is 0. The molecule has 82 valence electrons. The van der Waals surface area contributed by atoms with Crippen molar-refractivity contribution in [3.63, 3.8) is 0 Å². The monoisotopic (exact) mass is 210 g/mol. The van der Waals surface area contributed by atoms with E-state index in [-0.39, 0.29) is 16.9 Å². The van der Waals surface area contributed by atoms with Gasteiger partial charge in [0.1, 0.15) is 0 Å². The quantitative estimate of drug-likeness (QED) is 0.552. The number of ether oxygens (including phenoxy) is 1. The van der Waals surface area contributed by atoms with Crippen LogP contribution < -0.4 is 4.74 Å². The van der Waals surface area contributed by atoms with Crippen LogP contribution in [0.15, 0.2) is 18.2 Å². The van der Waals surface area contributed by atoms with Gasteiger partial charge in [0.15, 0.2) is 11.5 Å². The number of phenolic OH excluding ortho intramolecular Hbond substituents is 1. The smallest absolute Gasteiger partial charge is 0.504 e. The van der Waals surface area contributed by atoms with Gasteiger partial charge in [-0.25, -0.2) is 4.79 Å². The van der Waals surface area contributed by atoms with Gasteiger partial charge in [0.25, 0.3) is 0 Å². The highest BCUT2D eigenvalue weighted by Gasteiger charge is 2.16. The highest BCUT2D eigenvalue weighted by molar-refractivity contribution is 5.63. The summed E-state index contributed by atoms with van der Waals surface area (Å²) in [6.07, 6.45) is -1.44. The average Bonchev–Trinajstić information content (AvgIpc) is 2.05. The second kappa shape index (κ2) is 3.81. The summed E-state index contributed by atoms with van der Waals surface area (Å²) in [5, 5.41) is 17.9. The predicted octanol–water partition coefficient (Wildman–Crippen LogP) is 2.75. The first-order valence-electron chi connectivity index (χ1n) is 4.55. The van der Waals surface area contributed by atoms with Gasteiger partial charge in [-0.1, -0.05) is 26.8 Å². The van der Waals surface area contributed by atoms with Gasteiger partial charge in [0.2, 0.25) is 0 Å². The Hall–Kier alpha value is -1.71. The first-order valence-corrected chi connectivity index (χ1v) is 4.55. The van der Waals surface area contributed by atoms with Crippen molar-refractivity contribution in [2.75, 3.05) is 0 Å². The first kappa shape index (κ1) is 11.4. The molecular weight excluding hydrogens is 196 g/mol. The summed E-state index contributed by atoms with van der Waals surface area (Å²) >= 11 is 0. The van der Waals surface area contributed by atoms with Crippen LogP contribution in [0, 0.1) is 0 Å². The van der Waals surface area contributed by atoms with Gasteiger partial charge in [0.05, 0.1) is 0 Å². The zero-order chi connectivity index (χ0) is 11.6. The molecule has 2 N–H and O–H groups in total. The molecule has 0 heterocycles. The van der Waals surface area contributed by atoms with E-state index in [0.717, 1.165) is 5.56 Å². The molecular formula is C11H14O4. The van der Waals surface area contributed by atoms with Gasteiger partial charge < -0.3 is 14.9 Å². The van der Waals surface area contributed by atoms with Crippen LogP contribution in [0.1, 0.15) is 26.3 Å². The minimum Gasteiger partial charge on any atom is -0.504 e. The predicted molar refractivity (Wildman–Crippen MR) is 55.5 cm³/mol. The Bertz CT molecular complexity index is 377. The Morgan fingerprint density at radius 1 is 1.33 bits per heavy atom. The molecule has 0 aliphatic carbocycles. The molecule has 0 fully saturated rings. The van der Waals surface area contributed by atoms with Crippen LogP contribution in [0.3, 0.4) is 0 Å². The number of carboxylic acid groups (broad SMARTS) is 1. The summed E-state index contributed by atoms with van der Waals surface area (Å²) in [5.41, 5.74) is 0.817. The molecule has 1 aromatic rings. The lowest BCUT2D eigenvalue weighted by atomic mass is 9.87. The van der Waals surface area contributed by atoms with E-state index >= 15 is 0 Å².